The maximum absolute atomic E-state index is 12.0. The first-order valence-corrected chi connectivity index (χ1v) is 8.11. The first-order valence-electron chi connectivity index (χ1n) is 7.30. The largest absolute Gasteiger partial charge is 0.396 e. The Labute approximate surface area is 124 Å². The molecule has 1 fully saturated rings. The second kappa shape index (κ2) is 7.59. The number of rotatable bonds is 5. The molecule has 20 heavy (non-hydrogen) atoms. The molecule has 0 spiro atoms. The average molecular weight is 297 g/mol. The number of hydrogen-bond donors (Lipinski definition) is 2. The van der Waals surface area contributed by atoms with Crippen molar-refractivity contribution >= 4 is 17.4 Å². The number of urea groups is 1. The molecule has 1 unspecified atom stereocenters. The second-order valence-electron chi connectivity index (χ2n) is 5.19. The predicted octanol–water partition coefficient (Wildman–Crippen LogP) is 1.66. The normalized spacial score (nSPS) is 19.1. The number of aliphatic hydroxyl groups excluding tert-OH is 1. The number of hydrogen-bond acceptors (Lipinski definition) is 4. The molecule has 6 heteroatoms. The number of aromatic nitrogens is 1. The SMILES string of the molecule is CCc1cnc(CCNC(=O)N2CCCC(CO)C2)s1. The Kier molecular flexibility index (Phi) is 5.79. The Morgan fingerprint density at radius 3 is 3.20 bits per heavy atom. The van der Waals surface area contributed by atoms with Crippen LogP contribution in [0.5, 0.6) is 0 Å². The van der Waals surface area contributed by atoms with E-state index in [1.807, 2.05) is 11.1 Å². The maximum atomic E-state index is 12.0. The van der Waals surface area contributed by atoms with Crippen molar-refractivity contribution in [3.8, 4) is 0 Å². The number of piperidine rings is 1. The first-order chi connectivity index (χ1) is 9.72. The van der Waals surface area contributed by atoms with Crippen LogP contribution in [0.1, 0.15) is 29.7 Å². The van der Waals surface area contributed by atoms with Crippen LogP contribution in [-0.2, 0) is 12.8 Å². The van der Waals surface area contributed by atoms with Gasteiger partial charge in [0.15, 0.2) is 0 Å². The maximum Gasteiger partial charge on any atom is 0.317 e. The molecule has 2 rings (SSSR count). The van der Waals surface area contributed by atoms with Gasteiger partial charge in [0.2, 0.25) is 0 Å². The fraction of sp³-hybridized carbons (Fsp3) is 0.714. The van der Waals surface area contributed by atoms with Crippen molar-refractivity contribution in [2.24, 2.45) is 5.92 Å². The molecule has 5 nitrogen and oxygen atoms in total. The summed E-state index contributed by atoms with van der Waals surface area (Å²) < 4.78 is 0. The summed E-state index contributed by atoms with van der Waals surface area (Å²) in [6.45, 7) is 4.37. The third-order valence-electron chi connectivity index (χ3n) is 3.63. The molecule has 1 atom stereocenters. The van der Waals surface area contributed by atoms with E-state index in [-0.39, 0.29) is 18.6 Å². The zero-order valence-electron chi connectivity index (χ0n) is 12.0. The van der Waals surface area contributed by atoms with Gasteiger partial charge in [-0.2, -0.15) is 0 Å². The topological polar surface area (TPSA) is 65.5 Å². The number of nitrogens with one attached hydrogen (secondary N) is 1. The van der Waals surface area contributed by atoms with Crippen LogP contribution < -0.4 is 5.32 Å². The fourth-order valence-electron chi connectivity index (χ4n) is 2.41. The van der Waals surface area contributed by atoms with Gasteiger partial charge in [-0.25, -0.2) is 9.78 Å². The fourth-order valence-corrected chi connectivity index (χ4v) is 3.28. The summed E-state index contributed by atoms with van der Waals surface area (Å²) in [5.41, 5.74) is 0. The van der Waals surface area contributed by atoms with Crippen molar-refractivity contribution in [3.05, 3.63) is 16.1 Å². The van der Waals surface area contributed by atoms with Crippen molar-refractivity contribution in [2.45, 2.75) is 32.6 Å². The summed E-state index contributed by atoms with van der Waals surface area (Å²) in [6.07, 6.45) is 5.70. The van der Waals surface area contributed by atoms with Crippen LogP contribution in [0.4, 0.5) is 4.79 Å². The van der Waals surface area contributed by atoms with Crippen LogP contribution in [-0.4, -0.2) is 47.3 Å². The van der Waals surface area contributed by atoms with Crippen molar-refractivity contribution in [1.29, 1.82) is 0 Å². The quantitative estimate of drug-likeness (QED) is 0.869. The van der Waals surface area contributed by atoms with Crippen LogP contribution in [0.25, 0.3) is 0 Å². The van der Waals surface area contributed by atoms with E-state index in [2.05, 4.69) is 17.2 Å². The van der Waals surface area contributed by atoms with Gasteiger partial charge < -0.3 is 15.3 Å². The molecule has 1 aliphatic heterocycles. The van der Waals surface area contributed by atoms with Gasteiger partial charge in [0, 0.05) is 43.7 Å². The van der Waals surface area contributed by atoms with Gasteiger partial charge in [-0.3, -0.25) is 0 Å². The molecule has 112 valence electrons. The molecule has 0 saturated carbocycles. The third-order valence-corrected chi connectivity index (χ3v) is 4.83. The van der Waals surface area contributed by atoms with Crippen LogP contribution in [0.3, 0.4) is 0 Å². The summed E-state index contributed by atoms with van der Waals surface area (Å²) in [5, 5.41) is 13.2. The Balaban J connectivity index is 1.71. The Hall–Kier alpha value is -1.14. The summed E-state index contributed by atoms with van der Waals surface area (Å²) in [4.78, 5) is 19.5. The number of aryl methyl sites for hydroxylation is 1. The van der Waals surface area contributed by atoms with E-state index in [1.165, 1.54) is 4.88 Å². The number of likely N-dealkylation sites (tertiary alicyclic amines) is 1. The lowest BCUT2D eigenvalue weighted by atomic mass is 9.99. The van der Waals surface area contributed by atoms with Gasteiger partial charge in [-0.05, 0) is 25.2 Å². The highest BCUT2D eigenvalue weighted by Crippen LogP contribution is 2.16. The number of aliphatic hydroxyl groups is 1. The summed E-state index contributed by atoms with van der Waals surface area (Å²) in [7, 11) is 0. The van der Waals surface area contributed by atoms with E-state index in [0.29, 0.717) is 13.1 Å². The highest BCUT2D eigenvalue weighted by Gasteiger charge is 2.22. The van der Waals surface area contributed by atoms with E-state index < -0.39 is 0 Å². The van der Waals surface area contributed by atoms with Gasteiger partial charge in [-0.15, -0.1) is 11.3 Å². The van der Waals surface area contributed by atoms with Crippen molar-refractivity contribution in [2.75, 3.05) is 26.2 Å². The summed E-state index contributed by atoms with van der Waals surface area (Å²) >= 11 is 1.72. The molecule has 2 N–H and O–H groups in total. The molecule has 1 aromatic rings. The van der Waals surface area contributed by atoms with Crippen LogP contribution in [0.15, 0.2) is 6.20 Å². The minimum atomic E-state index is -0.0181. The molecular weight excluding hydrogens is 274 g/mol. The zero-order valence-corrected chi connectivity index (χ0v) is 12.8. The molecule has 0 radical (unpaired) electrons. The van der Waals surface area contributed by atoms with Crippen LogP contribution in [0.2, 0.25) is 0 Å². The van der Waals surface area contributed by atoms with E-state index in [4.69, 9.17) is 0 Å². The molecule has 2 heterocycles. The molecule has 0 aromatic carbocycles. The highest BCUT2D eigenvalue weighted by molar-refractivity contribution is 7.11. The zero-order chi connectivity index (χ0) is 14.4. The monoisotopic (exact) mass is 297 g/mol. The van der Waals surface area contributed by atoms with Gasteiger partial charge in [0.1, 0.15) is 0 Å². The van der Waals surface area contributed by atoms with E-state index >= 15 is 0 Å². The summed E-state index contributed by atoms with van der Waals surface area (Å²) in [5.74, 6) is 0.237. The molecule has 1 aromatic heterocycles. The third kappa shape index (κ3) is 4.18. The Bertz CT molecular complexity index is 436. The molecule has 1 saturated heterocycles. The number of carbonyl (C=O) groups excluding carboxylic acids is 1. The number of nitrogens with zero attached hydrogens (tertiary/aromatic N) is 2. The highest BCUT2D eigenvalue weighted by atomic mass is 32.1. The Morgan fingerprint density at radius 1 is 1.65 bits per heavy atom. The van der Waals surface area contributed by atoms with Crippen molar-refractivity contribution in [3.63, 3.8) is 0 Å². The average Bonchev–Trinajstić information content (AvgIpc) is 2.95. The molecular formula is C14H23N3O2S. The lowest BCUT2D eigenvalue weighted by Gasteiger charge is -2.31. The number of carbonyl (C=O) groups is 1. The lowest BCUT2D eigenvalue weighted by molar-refractivity contribution is 0.129. The molecule has 2 amide bonds. The molecule has 0 aliphatic carbocycles. The van der Waals surface area contributed by atoms with E-state index in [0.717, 1.165) is 37.2 Å². The van der Waals surface area contributed by atoms with Crippen molar-refractivity contribution < 1.29 is 9.90 Å². The molecule has 1 aliphatic rings. The smallest absolute Gasteiger partial charge is 0.317 e. The minimum Gasteiger partial charge on any atom is -0.396 e. The second-order valence-corrected chi connectivity index (χ2v) is 6.39. The predicted molar refractivity (Wildman–Crippen MR) is 80.0 cm³/mol. The van der Waals surface area contributed by atoms with Gasteiger partial charge in [0.05, 0.1) is 5.01 Å². The molecule has 0 bridgehead atoms. The first kappa shape index (κ1) is 15.3. The van der Waals surface area contributed by atoms with E-state index in [9.17, 15) is 9.90 Å². The number of thiazole rings is 1. The van der Waals surface area contributed by atoms with E-state index in [1.54, 1.807) is 11.3 Å². The van der Waals surface area contributed by atoms with Gasteiger partial charge in [0.25, 0.3) is 0 Å². The minimum absolute atomic E-state index is 0.0181. The number of amides is 2. The Morgan fingerprint density at radius 2 is 2.50 bits per heavy atom. The van der Waals surface area contributed by atoms with Crippen LogP contribution >= 0.6 is 11.3 Å². The van der Waals surface area contributed by atoms with Crippen LogP contribution in [0, 0.1) is 5.92 Å². The van der Waals surface area contributed by atoms with Gasteiger partial charge >= 0.3 is 6.03 Å². The standard InChI is InChI=1S/C14H23N3O2S/c1-2-12-8-16-13(20-12)5-6-15-14(19)17-7-3-4-11(9-17)10-18/h8,11,18H,2-7,9-10H2,1H3,(H,15,19). The summed E-state index contributed by atoms with van der Waals surface area (Å²) in [6, 6.07) is -0.0181. The lowest BCUT2D eigenvalue weighted by Crippen LogP contribution is -2.46. The van der Waals surface area contributed by atoms with Gasteiger partial charge in [-0.1, -0.05) is 6.92 Å². The van der Waals surface area contributed by atoms with Crippen molar-refractivity contribution in [1.82, 2.24) is 15.2 Å².